The largest absolute Gasteiger partial charge is 0.465 e. The second kappa shape index (κ2) is 19.5. The van der Waals surface area contributed by atoms with Gasteiger partial charge in [-0.25, -0.2) is 0 Å². The molecule has 0 aromatic heterocycles. The van der Waals surface area contributed by atoms with Crippen molar-refractivity contribution in [3.8, 4) is 0 Å². The fraction of sp³-hybridized carbons (Fsp3) is 0.727. The van der Waals surface area contributed by atoms with Gasteiger partial charge in [-0.05, 0) is 24.6 Å². The monoisotopic (exact) mass is 623 g/mol. The van der Waals surface area contributed by atoms with Gasteiger partial charge in [0.2, 0.25) is 5.91 Å². The van der Waals surface area contributed by atoms with Crippen molar-refractivity contribution in [1.82, 2.24) is 10.2 Å². The summed E-state index contributed by atoms with van der Waals surface area (Å²) in [7, 11) is -2.21. The number of piperazine rings is 1. The van der Waals surface area contributed by atoms with Crippen LogP contribution in [-0.4, -0.2) is 66.3 Å². The normalized spacial score (nSPS) is 19.7. The first-order valence-electron chi connectivity index (χ1n) is 16.5. The second-order valence-corrected chi connectivity index (χ2v) is 15.5. The van der Waals surface area contributed by atoms with Crippen molar-refractivity contribution in [2.75, 3.05) is 49.6 Å². The number of rotatable bonds is 21. The van der Waals surface area contributed by atoms with Crippen molar-refractivity contribution < 1.29 is 19.1 Å². The van der Waals surface area contributed by atoms with E-state index in [1.54, 1.807) is 12.1 Å². The molecule has 2 heterocycles. The number of hydrogen-bond acceptors (Lipinski definition) is 5. The standard InChI is InChI=1S/C33H54ClN3O4S/c1-2-3-4-5-6-7-8-9-10-11-12-13-14-15-16-17-32(39)41-24-25-42(27-31(38)37-22-20-35-21-23-37)30-19-18-28(34)26-29(30)36-33(42)40/h18-19,26,35H,2-17,20-25,27H2,1H3,(H,36,40). The quantitative estimate of drug-likeness (QED) is 0.106. The lowest BCUT2D eigenvalue weighted by molar-refractivity contribution is -0.143. The maximum absolute atomic E-state index is 13.3. The van der Waals surface area contributed by atoms with E-state index in [0.717, 1.165) is 37.2 Å². The SMILES string of the molecule is CCCCCCCCCCCCCCCCCC(=O)OCCS1(CC(=O)N2CCNCC2)C(=O)Nc2cc(Cl)ccc21. The van der Waals surface area contributed by atoms with E-state index in [1.807, 2.05) is 11.0 Å². The third-order valence-electron chi connectivity index (χ3n) is 8.47. The van der Waals surface area contributed by atoms with Crippen molar-refractivity contribution in [2.24, 2.45) is 0 Å². The van der Waals surface area contributed by atoms with E-state index in [2.05, 4.69) is 17.6 Å². The van der Waals surface area contributed by atoms with E-state index in [1.165, 1.54) is 77.0 Å². The molecule has 0 bridgehead atoms. The first kappa shape index (κ1) is 34.7. The summed E-state index contributed by atoms with van der Waals surface area (Å²) >= 11 is 6.18. The first-order chi connectivity index (χ1) is 20.5. The highest BCUT2D eigenvalue weighted by atomic mass is 35.5. The molecule has 2 amide bonds. The number of anilines is 1. The summed E-state index contributed by atoms with van der Waals surface area (Å²) in [6.07, 6.45) is 19.7. The Balaban J connectivity index is 1.31. The van der Waals surface area contributed by atoms with Crippen LogP contribution in [0.1, 0.15) is 110 Å². The molecule has 7 nitrogen and oxygen atoms in total. The minimum Gasteiger partial charge on any atom is -0.465 e. The van der Waals surface area contributed by atoms with Crippen LogP contribution in [-0.2, 0) is 14.3 Å². The summed E-state index contributed by atoms with van der Waals surface area (Å²) in [4.78, 5) is 41.7. The lowest BCUT2D eigenvalue weighted by atomic mass is 10.0. The molecule has 2 N–H and O–H groups in total. The number of carbonyl (C=O) groups excluding carboxylic acids is 3. The Kier molecular flexibility index (Phi) is 16.1. The molecule has 1 aromatic rings. The average molecular weight is 624 g/mol. The Morgan fingerprint density at radius 2 is 1.45 bits per heavy atom. The van der Waals surface area contributed by atoms with Gasteiger partial charge in [0.1, 0.15) is 0 Å². The van der Waals surface area contributed by atoms with E-state index in [0.29, 0.717) is 36.0 Å². The van der Waals surface area contributed by atoms with Crippen LogP contribution in [0.2, 0.25) is 5.02 Å². The number of fused-ring (bicyclic) bond motifs is 1. The van der Waals surface area contributed by atoms with Gasteiger partial charge in [0.15, 0.2) is 0 Å². The summed E-state index contributed by atoms with van der Waals surface area (Å²) in [5, 5.41) is 6.59. The number of unbranched alkanes of at least 4 members (excludes halogenated alkanes) is 14. The lowest BCUT2D eigenvalue weighted by Gasteiger charge is -2.36. The zero-order valence-electron chi connectivity index (χ0n) is 25.9. The summed E-state index contributed by atoms with van der Waals surface area (Å²) in [6.45, 7) is 5.18. The minimum absolute atomic E-state index is 0.0198. The first-order valence-corrected chi connectivity index (χ1v) is 18.8. The highest BCUT2D eigenvalue weighted by Gasteiger charge is 2.44. The predicted molar refractivity (Wildman–Crippen MR) is 176 cm³/mol. The molecule has 1 atom stereocenters. The molecule has 238 valence electrons. The third-order valence-corrected chi connectivity index (χ3v) is 12.3. The molecule has 0 aliphatic carbocycles. The zero-order valence-corrected chi connectivity index (χ0v) is 27.4. The molecule has 1 fully saturated rings. The van der Waals surface area contributed by atoms with Crippen LogP contribution in [0.5, 0.6) is 0 Å². The molecule has 3 rings (SSSR count). The van der Waals surface area contributed by atoms with Gasteiger partial charge in [-0.2, -0.15) is 0 Å². The highest BCUT2D eigenvalue weighted by molar-refractivity contribution is 8.46. The van der Waals surface area contributed by atoms with Crippen LogP contribution >= 0.6 is 21.6 Å². The number of halogens is 1. The summed E-state index contributed by atoms with van der Waals surface area (Å²) in [6, 6.07) is 5.36. The van der Waals surface area contributed by atoms with Gasteiger partial charge < -0.3 is 20.3 Å². The van der Waals surface area contributed by atoms with E-state index in [-0.39, 0.29) is 29.5 Å². The Hall–Kier alpha value is -1.77. The van der Waals surface area contributed by atoms with Gasteiger partial charge in [-0.1, -0.05) is 108 Å². The van der Waals surface area contributed by atoms with Gasteiger partial charge in [0.05, 0.1) is 18.0 Å². The van der Waals surface area contributed by atoms with Crippen LogP contribution < -0.4 is 10.6 Å². The second-order valence-electron chi connectivity index (χ2n) is 11.8. The van der Waals surface area contributed by atoms with Crippen molar-refractivity contribution in [3.63, 3.8) is 0 Å². The molecule has 1 aromatic carbocycles. The smallest absolute Gasteiger partial charge is 0.305 e. The number of carbonyl (C=O) groups is 3. The Bertz CT molecular complexity index is 988. The van der Waals surface area contributed by atoms with E-state index < -0.39 is 10.0 Å². The van der Waals surface area contributed by atoms with Crippen LogP contribution in [0, 0.1) is 0 Å². The molecular formula is C33H54ClN3O4S. The molecule has 1 unspecified atom stereocenters. The van der Waals surface area contributed by atoms with Crippen molar-refractivity contribution >= 4 is 44.4 Å². The summed E-state index contributed by atoms with van der Waals surface area (Å²) in [5.74, 6) is 0.232. The topological polar surface area (TPSA) is 87.7 Å². The van der Waals surface area contributed by atoms with Gasteiger partial charge in [-0.15, -0.1) is 10.0 Å². The summed E-state index contributed by atoms with van der Waals surface area (Å²) in [5.41, 5.74) is 0.666. The van der Waals surface area contributed by atoms with Gasteiger partial charge in [0, 0.05) is 48.3 Å². The molecule has 9 heteroatoms. The average Bonchev–Trinajstić information content (AvgIpc) is 3.25. The van der Waals surface area contributed by atoms with Crippen LogP contribution in [0.15, 0.2) is 23.1 Å². The van der Waals surface area contributed by atoms with E-state index >= 15 is 0 Å². The fourth-order valence-electron chi connectivity index (χ4n) is 5.89. The number of ether oxygens (including phenoxy) is 1. The van der Waals surface area contributed by atoms with Crippen molar-refractivity contribution in [1.29, 1.82) is 0 Å². The number of benzene rings is 1. The Morgan fingerprint density at radius 1 is 0.881 bits per heavy atom. The van der Waals surface area contributed by atoms with E-state index in [4.69, 9.17) is 16.3 Å². The number of nitrogens with zero attached hydrogens (tertiary/aromatic N) is 1. The van der Waals surface area contributed by atoms with Crippen LogP contribution in [0.4, 0.5) is 10.5 Å². The van der Waals surface area contributed by atoms with Crippen LogP contribution in [0.25, 0.3) is 0 Å². The van der Waals surface area contributed by atoms with Gasteiger partial charge in [0.25, 0.3) is 5.24 Å². The van der Waals surface area contributed by atoms with Crippen LogP contribution in [0.3, 0.4) is 0 Å². The third kappa shape index (κ3) is 11.4. The number of hydrogen-bond donors (Lipinski definition) is 2. The fourth-order valence-corrected chi connectivity index (χ4v) is 9.24. The van der Waals surface area contributed by atoms with Crippen molar-refractivity contribution in [3.05, 3.63) is 23.2 Å². The molecule has 0 spiro atoms. The zero-order chi connectivity index (χ0) is 30.0. The molecule has 2 aliphatic rings. The molecule has 0 saturated carbocycles. The predicted octanol–water partition coefficient (Wildman–Crippen LogP) is 8.29. The van der Waals surface area contributed by atoms with Gasteiger partial charge in [-0.3, -0.25) is 14.4 Å². The van der Waals surface area contributed by atoms with E-state index in [9.17, 15) is 14.4 Å². The molecule has 42 heavy (non-hydrogen) atoms. The lowest BCUT2D eigenvalue weighted by Crippen LogP contribution is -2.48. The highest BCUT2D eigenvalue weighted by Crippen LogP contribution is 2.63. The maximum atomic E-state index is 13.3. The Morgan fingerprint density at radius 3 is 2.05 bits per heavy atom. The van der Waals surface area contributed by atoms with Gasteiger partial charge >= 0.3 is 5.97 Å². The number of esters is 1. The number of nitrogens with one attached hydrogen (secondary N) is 2. The summed E-state index contributed by atoms with van der Waals surface area (Å²) < 4.78 is 5.60. The Labute approximate surface area is 260 Å². The molecular weight excluding hydrogens is 570 g/mol. The van der Waals surface area contributed by atoms with Crippen molar-refractivity contribution in [2.45, 2.75) is 115 Å². The maximum Gasteiger partial charge on any atom is 0.305 e. The molecule has 0 radical (unpaired) electrons. The number of amides is 2. The molecule has 1 saturated heterocycles. The minimum atomic E-state index is -2.21. The molecule has 2 aliphatic heterocycles.